The van der Waals surface area contributed by atoms with Crippen molar-refractivity contribution in [3.05, 3.63) is 60.2 Å². The zero-order chi connectivity index (χ0) is 24.3. The average molecular weight is 484 g/mol. The number of nitrogens with one attached hydrogen (secondary N) is 1. The molecule has 2 bridgehead atoms. The first-order chi connectivity index (χ1) is 17.5. The molecule has 1 N–H and O–H groups in total. The number of aryl methyl sites for hydroxylation is 1. The molecule has 9 heteroatoms. The lowest BCUT2D eigenvalue weighted by Gasteiger charge is -2.30. The van der Waals surface area contributed by atoms with Crippen LogP contribution in [0.4, 0.5) is 11.6 Å². The van der Waals surface area contributed by atoms with Gasteiger partial charge in [-0.25, -0.2) is 4.52 Å². The monoisotopic (exact) mass is 483 g/mol. The quantitative estimate of drug-likeness (QED) is 0.422. The summed E-state index contributed by atoms with van der Waals surface area (Å²) in [4.78, 5) is 6.87. The highest BCUT2D eigenvalue weighted by Gasteiger charge is 2.50. The molecule has 2 aliphatic heterocycles. The van der Waals surface area contributed by atoms with Gasteiger partial charge >= 0.3 is 0 Å². The first-order valence-electron chi connectivity index (χ1n) is 12.6. The molecule has 0 unspecified atom stereocenters. The molecule has 1 aliphatic carbocycles. The average Bonchev–Trinajstić information content (AvgIpc) is 3.41. The van der Waals surface area contributed by atoms with E-state index in [2.05, 4.69) is 55.7 Å². The Morgan fingerprint density at radius 2 is 2.06 bits per heavy atom. The van der Waals surface area contributed by atoms with Crippen molar-refractivity contribution in [3.8, 4) is 16.9 Å². The molecule has 1 saturated carbocycles. The van der Waals surface area contributed by atoms with Crippen molar-refractivity contribution in [1.29, 1.82) is 0 Å². The second kappa shape index (κ2) is 8.25. The second-order valence-electron chi connectivity index (χ2n) is 10.4. The SMILES string of the molecule is Cc1cc(-c2ccn3nc(Nc4ccc(C5CC5)nn4)cc3c2)c(OC[C@]23C[C@H](CO2)N(C)C3)cn1. The fourth-order valence-electron chi connectivity index (χ4n) is 5.40. The number of aromatic nitrogens is 5. The maximum atomic E-state index is 6.36. The Kier molecular flexibility index (Phi) is 4.97. The first-order valence-corrected chi connectivity index (χ1v) is 12.6. The van der Waals surface area contributed by atoms with Gasteiger partial charge in [-0.15, -0.1) is 5.10 Å². The second-order valence-corrected chi connectivity index (χ2v) is 10.4. The topological polar surface area (TPSA) is 89.7 Å². The van der Waals surface area contributed by atoms with Crippen LogP contribution in [0.3, 0.4) is 0 Å². The van der Waals surface area contributed by atoms with E-state index >= 15 is 0 Å². The molecule has 184 valence electrons. The van der Waals surface area contributed by atoms with E-state index in [1.54, 1.807) is 0 Å². The molecule has 36 heavy (non-hydrogen) atoms. The van der Waals surface area contributed by atoms with Gasteiger partial charge in [0.05, 0.1) is 24.0 Å². The Morgan fingerprint density at radius 1 is 1.14 bits per heavy atom. The van der Waals surface area contributed by atoms with Crippen LogP contribution >= 0.6 is 0 Å². The molecule has 6 heterocycles. The zero-order valence-corrected chi connectivity index (χ0v) is 20.5. The summed E-state index contributed by atoms with van der Waals surface area (Å²) in [6.07, 6.45) is 7.23. The minimum atomic E-state index is -0.225. The lowest BCUT2D eigenvalue weighted by molar-refractivity contribution is -0.0624. The molecule has 3 aliphatic rings. The van der Waals surface area contributed by atoms with Crippen molar-refractivity contribution in [1.82, 2.24) is 29.7 Å². The maximum Gasteiger partial charge on any atom is 0.154 e. The van der Waals surface area contributed by atoms with Gasteiger partial charge in [0, 0.05) is 42.0 Å². The van der Waals surface area contributed by atoms with Crippen LogP contribution in [0.2, 0.25) is 0 Å². The lowest BCUT2D eigenvalue weighted by Crippen LogP contribution is -2.44. The number of rotatable bonds is 7. The largest absolute Gasteiger partial charge is 0.488 e. The molecule has 0 spiro atoms. The number of likely N-dealkylation sites (tertiary alicyclic amines) is 1. The molecule has 9 nitrogen and oxygen atoms in total. The lowest BCUT2D eigenvalue weighted by atomic mass is 10.0. The summed E-state index contributed by atoms with van der Waals surface area (Å²) in [7, 11) is 2.16. The number of hydrogen-bond donors (Lipinski definition) is 1. The molecule has 0 amide bonds. The molecule has 2 atom stereocenters. The Hall–Kier alpha value is -3.56. The molecule has 7 rings (SSSR count). The summed E-state index contributed by atoms with van der Waals surface area (Å²) in [6.45, 7) is 4.20. The van der Waals surface area contributed by atoms with Gasteiger partial charge in [0.15, 0.2) is 11.6 Å². The standard InChI is InChI=1S/C27H29N7O2/c1-17-9-22(24(13-28-17)35-16-27-12-21(14-36-27)33(2)15-27)19-7-8-34-20(10-19)11-26(32-34)29-25-6-5-23(30-31-25)18-3-4-18/h5-11,13,18,21H,3-4,12,14-16H2,1-2H3,(H,29,31,32)/t21-,27-/m1/s1. The van der Waals surface area contributed by atoms with Crippen LogP contribution in [0.5, 0.6) is 5.75 Å². The van der Waals surface area contributed by atoms with Crippen LogP contribution in [0.15, 0.2) is 48.8 Å². The summed E-state index contributed by atoms with van der Waals surface area (Å²) in [5.74, 6) is 2.77. The molecule has 2 saturated heterocycles. The fraction of sp³-hybridized carbons (Fsp3) is 0.407. The molecule has 0 radical (unpaired) electrons. The maximum absolute atomic E-state index is 6.36. The normalized spacial score (nSPS) is 23.4. The van der Waals surface area contributed by atoms with Crippen LogP contribution in [-0.4, -0.2) is 68.1 Å². The highest BCUT2D eigenvalue weighted by Crippen LogP contribution is 2.39. The highest BCUT2D eigenvalue weighted by atomic mass is 16.6. The van der Waals surface area contributed by atoms with Crippen LogP contribution in [0.25, 0.3) is 16.6 Å². The third kappa shape index (κ3) is 3.98. The predicted molar refractivity (Wildman–Crippen MR) is 136 cm³/mol. The number of nitrogens with zero attached hydrogens (tertiary/aromatic N) is 6. The van der Waals surface area contributed by atoms with Gasteiger partial charge in [0.2, 0.25) is 0 Å². The van der Waals surface area contributed by atoms with Crippen molar-refractivity contribution >= 4 is 17.2 Å². The summed E-state index contributed by atoms with van der Waals surface area (Å²) in [6, 6.07) is 12.8. The van der Waals surface area contributed by atoms with E-state index in [0.29, 0.717) is 24.4 Å². The minimum Gasteiger partial charge on any atom is -0.488 e. The number of anilines is 2. The number of hydrogen-bond acceptors (Lipinski definition) is 8. The Bertz CT molecular complexity index is 1430. The van der Waals surface area contributed by atoms with Gasteiger partial charge in [-0.3, -0.25) is 9.88 Å². The first kappa shape index (κ1) is 21.7. The van der Waals surface area contributed by atoms with Crippen LogP contribution in [0, 0.1) is 6.92 Å². The van der Waals surface area contributed by atoms with E-state index in [9.17, 15) is 0 Å². The highest BCUT2D eigenvalue weighted by molar-refractivity contribution is 5.75. The van der Waals surface area contributed by atoms with Crippen molar-refractivity contribution < 1.29 is 9.47 Å². The number of ether oxygens (including phenoxy) is 2. The van der Waals surface area contributed by atoms with Crippen molar-refractivity contribution in [3.63, 3.8) is 0 Å². The van der Waals surface area contributed by atoms with Crippen molar-refractivity contribution in [2.24, 2.45) is 0 Å². The summed E-state index contributed by atoms with van der Waals surface area (Å²) >= 11 is 0. The van der Waals surface area contributed by atoms with Gasteiger partial charge < -0.3 is 14.8 Å². The molecular weight excluding hydrogens is 454 g/mol. The van der Waals surface area contributed by atoms with Crippen LogP contribution < -0.4 is 10.1 Å². The Balaban J connectivity index is 1.13. The predicted octanol–water partition coefficient (Wildman–Crippen LogP) is 3.97. The van der Waals surface area contributed by atoms with Crippen molar-refractivity contribution in [2.45, 2.75) is 43.7 Å². The smallest absolute Gasteiger partial charge is 0.154 e. The summed E-state index contributed by atoms with van der Waals surface area (Å²) < 4.78 is 14.3. The summed E-state index contributed by atoms with van der Waals surface area (Å²) in [5.41, 5.74) is 4.82. The van der Waals surface area contributed by atoms with E-state index in [1.165, 1.54) is 12.8 Å². The molecular formula is C27H29N7O2. The minimum absolute atomic E-state index is 0.225. The molecule has 0 aromatic carbocycles. The van der Waals surface area contributed by atoms with E-state index in [-0.39, 0.29) is 5.60 Å². The number of fused-ring (bicyclic) bond motifs is 3. The van der Waals surface area contributed by atoms with E-state index < -0.39 is 0 Å². The number of pyridine rings is 2. The molecule has 4 aromatic heterocycles. The van der Waals surface area contributed by atoms with Gasteiger partial charge in [-0.1, -0.05) is 0 Å². The van der Waals surface area contributed by atoms with Gasteiger partial charge in [0.1, 0.15) is 18.0 Å². The molecule has 3 fully saturated rings. The fourth-order valence-corrected chi connectivity index (χ4v) is 5.40. The van der Waals surface area contributed by atoms with Crippen LogP contribution in [-0.2, 0) is 4.74 Å². The number of morpholine rings is 1. The third-order valence-electron chi connectivity index (χ3n) is 7.56. The molecule has 4 aromatic rings. The van der Waals surface area contributed by atoms with Crippen molar-refractivity contribution in [2.75, 3.05) is 32.1 Å². The Morgan fingerprint density at radius 3 is 2.81 bits per heavy atom. The van der Waals surface area contributed by atoms with Gasteiger partial charge in [0.25, 0.3) is 0 Å². The summed E-state index contributed by atoms with van der Waals surface area (Å²) in [5, 5.41) is 16.6. The Labute approximate surface area is 209 Å². The zero-order valence-electron chi connectivity index (χ0n) is 20.5. The number of likely N-dealkylation sites (N-methyl/N-ethyl adjacent to an activating group) is 1. The van der Waals surface area contributed by atoms with E-state index in [0.717, 1.165) is 59.2 Å². The third-order valence-corrected chi connectivity index (χ3v) is 7.56. The van der Waals surface area contributed by atoms with Gasteiger partial charge in [-0.05, 0) is 69.1 Å². The van der Waals surface area contributed by atoms with Crippen LogP contribution in [0.1, 0.15) is 36.6 Å². The van der Waals surface area contributed by atoms with Gasteiger partial charge in [-0.2, -0.15) is 10.2 Å². The van der Waals surface area contributed by atoms with E-state index in [1.807, 2.05) is 42.0 Å². The van der Waals surface area contributed by atoms with E-state index in [4.69, 9.17) is 9.47 Å².